The van der Waals surface area contributed by atoms with Gasteiger partial charge in [-0.15, -0.1) is 0 Å². The van der Waals surface area contributed by atoms with Crippen molar-refractivity contribution in [3.05, 3.63) is 65.4 Å². The summed E-state index contributed by atoms with van der Waals surface area (Å²) in [6.45, 7) is 7.94. The largest absolute Gasteiger partial charge is 0.493 e. The van der Waals surface area contributed by atoms with Gasteiger partial charge in [0.05, 0.1) is 23.8 Å². The van der Waals surface area contributed by atoms with Crippen LogP contribution >= 0.6 is 0 Å². The maximum atomic E-state index is 13.4. The number of ether oxygens (including phenoxy) is 2. The summed E-state index contributed by atoms with van der Waals surface area (Å²) >= 11 is 0. The molecule has 2 aromatic carbocycles. The first-order valence-electron chi connectivity index (χ1n) is 13.4. The Morgan fingerprint density at radius 2 is 1.73 bits per heavy atom. The van der Waals surface area contributed by atoms with Gasteiger partial charge in [0, 0.05) is 23.7 Å². The maximum Gasteiger partial charge on any atom is 0.418 e. The number of unbranched alkanes of at least 4 members (excludes halogenated alkanes) is 3. The first-order chi connectivity index (χ1) is 18.9. The lowest BCUT2D eigenvalue weighted by Gasteiger charge is -2.22. The molecule has 1 saturated heterocycles. The molecule has 0 bridgehead atoms. The van der Waals surface area contributed by atoms with Crippen molar-refractivity contribution in [2.75, 3.05) is 13.2 Å². The first kappa shape index (κ1) is 29.2. The summed E-state index contributed by atoms with van der Waals surface area (Å²) in [7, 11) is 0. The fraction of sp³-hybridized carbons (Fsp3) is 0.433. The van der Waals surface area contributed by atoms with Gasteiger partial charge in [0.25, 0.3) is 5.91 Å². The molecule has 1 aliphatic rings. The molecule has 214 valence electrons. The van der Waals surface area contributed by atoms with E-state index in [1.54, 1.807) is 44.2 Å². The molecule has 10 heteroatoms. The minimum atomic E-state index is -4.50. The van der Waals surface area contributed by atoms with Crippen molar-refractivity contribution in [1.82, 2.24) is 15.2 Å². The van der Waals surface area contributed by atoms with E-state index in [1.165, 1.54) is 17.2 Å². The number of fused-ring (bicyclic) bond motifs is 1. The molecule has 0 spiro atoms. The average Bonchev–Trinajstić information content (AvgIpc) is 3.11. The second kappa shape index (κ2) is 11.7. The number of halogens is 3. The quantitative estimate of drug-likeness (QED) is 0.208. The molecule has 40 heavy (non-hydrogen) atoms. The summed E-state index contributed by atoms with van der Waals surface area (Å²) in [4.78, 5) is 31.0. The SMILES string of the molecule is Cc1cnc2c(C(F)(F)F)cccc2c1OCCCCCCN1C(=O)NC(C)(c2ccc(OC(C)C)cc2)C1=O. The molecule has 1 aromatic heterocycles. The summed E-state index contributed by atoms with van der Waals surface area (Å²) in [6, 6.07) is 10.7. The van der Waals surface area contributed by atoms with E-state index in [0.29, 0.717) is 54.0 Å². The van der Waals surface area contributed by atoms with Gasteiger partial charge in [0.1, 0.15) is 17.0 Å². The number of pyridine rings is 1. The Hall–Kier alpha value is -3.82. The van der Waals surface area contributed by atoms with Crippen molar-refractivity contribution in [1.29, 1.82) is 0 Å². The van der Waals surface area contributed by atoms with Crippen molar-refractivity contribution in [3.8, 4) is 11.5 Å². The van der Waals surface area contributed by atoms with E-state index >= 15 is 0 Å². The number of carbonyl (C=O) groups excluding carboxylic acids is 2. The molecule has 3 aromatic rings. The maximum absolute atomic E-state index is 13.4. The van der Waals surface area contributed by atoms with E-state index in [1.807, 2.05) is 13.8 Å². The molecule has 3 amide bonds. The van der Waals surface area contributed by atoms with Crippen LogP contribution in [-0.2, 0) is 16.5 Å². The van der Waals surface area contributed by atoms with Crippen LogP contribution in [0.15, 0.2) is 48.7 Å². The third-order valence-corrected chi connectivity index (χ3v) is 6.93. The molecular weight excluding hydrogens is 523 g/mol. The van der Waals surface area contributed by atoms with Crippen molar-refractivity contribution in [3.63, 3.8) is 0 Å². The lowest BCUT2D eigenvalue weighted by atomic mass is 9.92. The Morgan fingerprint density at radius 1 is 1.02 bits per heavy atom. The van der Waals surface area contributed by atoms with Crippen LogP contribution in [0.25, 0.3) is 10.9 Å². The number of aromatic nitrogens is 1. The topological polar surface area (TPSA) is 80.8 Å². The van der Waals surface area contributed by atoms with Gasteiger partial charge in [-0.25, -0.2) is 4.79 Å². The minimum absolute atomic E-state index is 0.0300. The average molecular weight is 558 g/mol. The van der Waals surface area contributed by atoms with Crippen molar-refractivity contribution in [2.24, 2.45) is 0 Å². The van der Waals surface area contributed by atoms with Crippen molar-refractivity contribution >= 4 is 22.8 Å². The van der Waals surface area contributed by atoms with Crippen LogP contribution in [0.3, 0.4) is 0 Å². The molecular formula is C30H34F3N3O4. The van der Waals surface area contributed by atoms with E-state index in [0.717, 1.165) is 18.9 Å². The van der Waals surface area contributed by atoms with E-state index in [4.69, 9.17) is 9.47 Å². The Kier molecular flexibility index (Phi) is 8.56. The minimum Gasteiger partial charge on any atom is -0.493 e. The third-order valence-electron chi connectivity index (χ3n) is 6.93. The van der Waals surface area contributed by atoms with Crippen LogP contribution in [0, 0.1) is 6.92 Å². The van der Waals surface area contributed by atoms with Gasteiger partial charge < -0.3 is 14.8 Å². The van der Waals surface area contributed by atoms with Crippen molar-refractivity contribution in [2.45, 2.75) is 71.2 Å². The molecule has 4 rings (SSSR count). The number of hydrogen-bond donors (Lipinski definition) is 1. The monoisotopic (exact) mass is 557 g/mol. The first-order valence-corrected chi connectivity index (χ1v) is 13.4. The number of amides is 3. The summed E-state index contributed by atoms with van der Waals surface area (Å²) in [5.41, 5.74) is -0.712. The second-order valence-corrected chi connectivity index (χ2v) is 10.4. The number of nitrogens with one attached hydrogen (secondary N) is 1. The highest BCUT2D eigenvalue weighted by Gasteiger charge is 2.48. The van der Waals surface area contributed by atoms with E-state index < -0.39 is 23.3 Å². The lowest BCUT2D eigenvalue weighted by molar-refractivity contribution is -0.136. The van der Waals surface area contributed by atoms with E-state index in [9.17, 15) is 22.8 Å². The number of carbonyl (C=O) groups is 2. The predicted molar refractivity (Wildman–Crippen MR) is 145 cm³/mol. The molecule has 1 fully saturated rings. The molecule has 1 aliphatic heterocycles. The Morgan fingerprint density at radius 3 is 2.40 bits per heavy atom. The predicted octanol–water partition coefficient (Wildman–Crippen LogP) is 6.76. The van der Waals surface area contributed by atoms with Gasteiger partial charge in [-0.1, -0.05) is 31.0 Å². The molecule has 0 radical (unpaired) electrons. The number of benzene rings is 2. The number of nitrogens with zero attached hydrogens (tertiary/aromatic N) is 2. The Bertz CT molecular complexity index is 1380. The fourth-order valence-electron chi connectivity index (χ4n) is 4.85. The zero-order chi connectivity index (χ0) is 29.1. The highest BCUT2D eigenvalue weighted by molar-refractivity contribution is 6.07. The Balaban J connectivity index is 1.26. The van der Waals surface area contributed by atoms with Gasteiger partial charge in [-0.3, -0.25) is 14.7 Å². The van der Waals surface area contributed by atoms with E-state index in [-0.39, 0.29) is 17.5 Å². The van der Waals surface area contributed by atoms with E-state index in [2.05, 4.69) is 10.3 Å². The number of urea groups is 1. The number of para-hydroxylation sites is 1. The van der Waals surface area contributed by atoms with Crippen LogP contribution in [-0.4, -0.2) is 41.1 Å². The number of imide groups is 1. The molecule has 1 atom stereocenters. The molecule has 1 N–H and O–H groups in total. The van der Waals surface area contributed by atoms with Gasteiger partial charge in [0.15, 0.2) is 0 Å². The van der Waals surface area contributed by atoms with Crippen LogP contribution in [0.1, 0.15) is 63.1 Å². The number of alkyl halides is 3. The summed E-state index contributed by atoms with van der Waals surface area (Å²) in [5, 5.41) is 3.15. The van der Waals surface area contributed by atoms with Gasteiger partial charge in [0.2, 0.25) is 0 Å². The van der Waals surface area contributed by atoms with Crippen LogP contribution in [0.4, 0.5) is 18.0 Å². The molecule has 2 heterocycles. The standard InChI is InChI=1S/C30H34F3N3O4/c1-19(2)40-22-14-12-21(13-15-22)29(4)27(37)36(28(38)35-29)16-7-5-6-8-17-39-26-20(3)18-34-25-23(26)10-9-11-24(25)30(31,32)33/h9-15,18-19H,5-8,16-17H2,1-4H3,(H,35,38). The lowest BCUT2D eigenvalue weighted by Crippen LogP contribution is -2.41. The molecule has 1 unspecified atom stereocenters. The van der Waals surface area contributed by atoms with Gasteiger partial charge in [-0.2, -0.15) is 13.2 Å². The van der Waals surface area contributed by atoms with Gasteiger partial charge >= 0.3 is 12.2 Å². The van der Waals surface area contributed by atoms with Gasteiger partial charge in [-0.05, 0) is 70.4 Å². The zero-order valence-electron chi connectivity index (χ0n) is 23.1. The van der Waals surface area contributed by atoms with Crippen LogP contribution in [0.2, 0.25) is 0 Å². The Labute approximate surface area is 231 Å². The van der Waals surface area contributed by atoms with Crippen molar-refractivity contribution < 1.29 is 32.2 Å². The summed E-state index contributed by atoms with van der Waals surface area (Å²) < 4.78 is 51.7. The highest BCUT2D eigenvalue weighted by atomic mass is 19.4. The van der Waals surface area contributed by atoms with Crippen LogP contribution in [0.5, 0.6) is 11.5 Å². The normalized spacial score (nSPS) is 17.6. The molecule has 7 nitrogen and oxygen atoms in total. The highest BCUT2D eigenvalue weighted by Crippen LogP contribution is 2.37. The fourth-order valence-corrected chi connectivity index (χ4v) is 4.85. The zero-order valence-corrected chi connectivity index (χ0v) is 23.1. The van der Waals surface area contributed by atoms with Crippen LogP contribution < -0.4 is 14.8 Å². The number of rotatable bonds is 11. The summed E-state index contributed by atoms with van der Waals surface area (Å²) in [6.07, 6.45) is -0.250. The third kappa shape index (κ3) is 6.16. The number of aryl methyl sites for hydroxylation is 1. The molecule has 0 saturated carbocycles. The smallest absolute Gasteiger partial charge is 0.418 e. The second-order valence-electron chi connectivity index (χ2n) is 10.4. The summed E-state index contributed by atoms with van der Waals surface area (Å²) in [5.74, 6) is 0.799. The number of hydrogen-bond acceptors (Lipinski definition) is 5. The molecule has 0 aliphatic carbocycles.